The molecule has 0 spiro atoms. The van der Waals surface area contributed by atoms with Crippen molar-refractivity contribution in [2.75, 3.05) is 5.32 Å². The van der Waals surface area contributed by atoms with Gasteiger partial charge in [0.15, 0.2) is 5.82 Å². The number of carbonyl (C=O) groups is 1. The van der Waals surface area contributed by atoms with Crippen LogP contribution >= 0.6 is 15.9 Å². The number of benzene rings is 3. The highest BCUT2D eigenvalue weighted by molar-refractivity contribution is 9.10. The average Bonchev–Trinajstić information content (AvgIpc) is 3.21. The zero-order valence-electron chi connectivity index (χ0n) is 18.6. The number of anilines is 1. The van der Waals surface area contributed by atoms with Gasteiger partial charge in [0.25, 0.3) is 5.91 Å². The molecule has 0 bridgehead atoms. The van der Waals surface area contributed by atoms with Gasteiger partial charge < -0.3 is 5.32 Å². The van der Waals surface area contributed by atoms with Gasteiger partial charge in [-0.1, -0.05) is 77.3 Å². The first kappa shape index (κ1) is 22.0. The molecule has 6 heteroatoms. The van der Waals surface area contributed by atoms with Gasteiger partial charge in [0, 0.05) is 15.7 Å². The van der Waals surface area contributed by atoms with Crippen molar-refractivity contribution in [2.24, 2.45) is 0 Å². The molecule has 0 aliphatic carbocycles. The second-order valence-electron chi connectivity index (χ2n) is 8.21. The van der Waals surface area contributed by atoms with Crippen molar-refractivity contribution in [3.8, 4) is 17.1 Å². The third-order valence-electron chi connectivity index (χ3n) is 5.28. The number of carbonyl (C=O) groups excluding carboxylic acids is 1. The van der Waals surface area contributed by atoms with E-state index in [-0.39, 0.29) is 17.6 Å². The maximum Gasteiger partial charge on any atom is 0.295 e. The molecule has 0 fully saturated rings. The van der Waals surface area contributed by atoms with Crippen molar-refractivity contribution >= 4 is 27.5 Å². The third kappa shape index (κ3) is 4.65. The van der Waals surface area contributed by atoms with E-state index >= 15 is 0 Å². The van der Waals surface area contributed by atoms with Crippen molar-refractivity contribution in [1.82, 2.24) is 14.8 Å². The smallest absolute Gasteiger partial charge is 0.295 e. The topological polar surface area (TPSA) is 59.8 Å². The number of aryl methyl sites for hydroxylation is 2. The van der Waals surface area contributed by atoms with E-state index in [0.717, 1.165) is 38.1 Å². The third-order valence-corrected chi connectivity index (χ3v) is 5.78. The van der Waals surface area contributed by atoms with E-state index in [2.05, 4.69) is 45.2 Å². The molecule has 32 heavy (non-hydrogen) atoms. The highest BCUT2D eigenvalue weighted by Gasteiger charge is 2.20. The van der Waals surface area contributed by atoms with E-state index < -0.39 is 0 Å². The molecule has 3 aromatic carbocycles. The fraction of sp³-hybridized carbons (Fsp3) is 0.192. The van der Waals surface area contributed by atoms with Crippen molar-refractivity contribution in [3.63, 3.8) is 0 Å². The molecule has 1 N–H and O–H groups in total. The summed E-state index contributed by atoms with van der Waals surface area (Å²) in [5.41, 5.74) is 5.87. The van der Waals surface area contributed by atoms with E-state index in [9.17, 15) is 4.79 Å². The lowest BCUT2D eigenvalue weighted by atomic mass is 10.0. The lowest BCUT2D eigenvalue weighted by Gasteiger charge is -2.13. The molecule has 0 unspecified atom stereocenters. The highest BCUT2D eigenvalue weighted by Crippen LogP contribution is 2.28. The van der Waals surface area contributed by atoms with Crippen LogP contribution in [0.5, 0.6) is 0 Å². The molecule has 162 valence electrons. The predicted molar refractivity (Wildman–Crippen MR) is 132 cm³/mol. The van der Waals surface area contributed by atoms with Crippen LogP contribution in [-0.2, 0) is 0 Å². The van der Waals surface area contributed by atoms with E-state index in [1.54, 1.807) is 4.68 Å². The second kappa shape index (κ2) is 9.09. The van der Waals surface area contributed by atoms with Crippen LogP contribution < -0.4 is 5.32 Å². The Morgan fingerprint density at radius 1 is 0.938 bits per heavy atom. The molecule has 4 rings (SSSR count). The Bertz CT molecular complexity index is 1200. The van der Waals surface area contributed by atoms with Crippen LogP contribution in [0, 0.1) is 13.8 Å². The van der Waals surface area contributed by atoms with E-state index in [1.165, 1.54) is 0 Å². The average molecular weight is 489 g/mol. The number of amides is 1. The zero-order chi connectivity index (χ0) is 22.8. The number of aromatic nitrogens is 3. The summed E-state index contributed by atoms with van der Waals surface area (Å²) in [5.74, 6) is 0.662. The predicted octanol–water partition coefficient (Wildman–Crippen LogP) is 6.69. The number of hydrogen-bond acceptors (Lipinski definition) is 3. The highest BCUT2D eigenvalue weighted by atomic mass is 79.9. The Hall–Kier alpha value is -3.25. The molecule has 4 aromatic rings. The molecule has 0 aliphatic heterocycles. The summed E-state index contributed by atoms with van der Waals surface area (Å²) in [6, 6.07) is 21.9. The molecule has 1 amide bonds. The fourth-order valence-corrected chi connectivity index (χ4v) is 3.85. The van der Waals surface area contributed by atoms with Gasteiger partial charge in [0.1, 0.15) is 0 Å². The summed E-state index contributed by atoms with van der Waals surface area (Å²) in [5, 5.41) is 7.58. The fourth-order valence-electron chi connectivity index (χ4n) is 3.47. The van der Waals surface area contributed by atoms with Gasteiger partial charge in [-0.2, -0.15) is 0 Å². The van der Waals surface area contributed by atoms with Gasteiger partial charge in [-0.3, -0.25) is 4.79 Å². The quantitative estimate of drug-likeness (QED) is 0.340. The Labute approximate surface area is 196 Å². The summed E-state index contributed by atoms with van der Waals surface area (Å²) < 4.78 is 2.70. The molecule has 5 nitrogen and oxygen atoms in total. The van der Waals surface area contributed by atoms with Crippen LogP contribution in [0.4, 0.5) is 5.69 Å². The number of rotatable bonds is 5. The minimum absolute atomic E-state index is 0.124. The Morgan fingerprint density at radius 2 is 1.56 bits per heavy atom. The summed E-state index contributed by atoms with van der Waals surface area (Å²) in [6.07, 6.45) is 0. The normalized spacial score (nSPS) is 11.1. The van der Waals surface area contributed by atoms with Gasteiger partial charge in [0.05, 0.1) is 5.69 Å². The summed E-state index contributed by atoms with van der Waals surface area (Å²) in [4.78, 5) is 17.8. The van der Waals surface area contributed by atoms with Gasteiger partial charge in [0.2, 0.25) is 5.82 Å². The number of nitrogens with zero attached hydrogens (tertiary/aromatic N) is 3. The maximum atomic E-state index is 13.1. The maximum absolute atomic E-state index is 13.1. The SMILES string of the molecule is Cc1ccc(-c2nc(C(=O)Nc3ccc(Br)cc3C(C)C)nn2-c2ccc(C)cc2)cc1. The zero-order valence-corrected chi connectivity index (χ0v) is 20.1. The minimum Gasteiger partial charge on any atom is -0.319 e. The summed E-state index contributed by atoms with van der Waals surface area (Å²) >= 11 is 3.51. The molecule has 0 saturated carbocycles. The molecule has 0 atom stereocenters. The monoisotopic (exact) mass is 488 g/mol. The van der Waals surface area contributed by atoms with Crippen LogP contribution in [0.2, 0.25) is 0 Å². The van der Waals surface area contributed by atoms with Crippen molar-refractivity contribution in [2.45, 2.75) is 33.6 Å². The van der Waals surface area contributed by atoms with Gasteiger partial charge in [-0.15, -0.1) is 5.10 Å². The first-order chi connectivity index (χ1) is 15.3. The van der Waals surface area contributed by atoms with Crippen LogP contribution in [0.25, 0.3) is 17.1 Å². The van der Waals surface area contributed by atoms with E-state index in [0.29, 0.717) is 5.82 Å². The van der Waals surface area contributed by atoms with Crippen LogP contribution in [0.15, 0.2) is 71.2 Å². The first-order valence-corrected chi connectivity index (χ1v) is 11.3. The number of halogens is 1. The van der Waals surface area contributed by atoms with Crippen LogP contribution in [-0.4, -0.2) is 20.7 Å². The lowest BCUT2D eigenvalue weighted by molar-refractivity contribution is 0.101. The molecule has 0 radical (unpaired) electrons. The number of hydrogen-bond donors (Lipinski definition) is 1. The molecule has 1 aromatic heterocycles. The number of nitrogens with one attached hydrogen (secondary N) is 1. The molecule has 0 saturated heterocycles. The summed E-state index contributed by atoms with van der Waals surface area (Å²) in [6.45, 7) is 8.27. The summed E-state index contributed by atoms with van der Waals surface area (Å²) in [7, 11) is 0. The first-order valence-electron chi connectivity index (χ1n) is 10.5. The van der Waals surface area contributed by atoms with Crippen molar-refractivity contribution in [3.05, 3.63) is 93.7 Å². The van der Waals surface area contributed by atoms with Crippen LogP contribution in [0.3, 0.4) is 0 Å². The lowest BCUT2D eigenvalue weighted by Crippen LogP contribution is -2.16. The Kier molecular flexibility index (Phi) is 6.24. The molecule has 1 heterocycles. The molecular formula is C26H25BrN4O. The second-order valence-corrected chi connectivity index (χ2v) is 9.13. The van der Waals surface area contributed by atoms with E-state index in [4.69, 9.17) is 0 Å². The minimum atomic E-state index is -0.339. The van der Waals surface area contributed by atoms with E-state index in [1.807, 2.05) is 80.6 Å². The molecule has 0 aliphatic rings. The van der Waals surface area contributed by atoms with Gasteiger partial charge in [-0.05, 0) is 55.7 Å². The van der Waals surface area contributed by atoms with Gasteiger partial charge >= 0.3 is 0 Å². The standard InChI is InChI=1S/C26H25BrN4O/c1-16(2)22-15-20(27)11-14-23(22)28-26(32)24-29-25(19-9-5-17(3)6-10-19)31(30-24)21-12-7-18(4)8-13-21/h5-16H,1-4H3,(H,28,32). The van der Waals surface area contributed by atoms with Crippen molar-refractivity contribution in [1.29, 1.82) is 0 Å². The van der Waals surface area contributed by atoms with Crippen molar-refractivity contribution < 1.29 is 4.79 Å². The van der Waals surface area contributed by atoms with Crippen LogP contribution in [0.1, 0.15) is 47.1 Å². The largest absolute Gasteiger partial charge is 0.319 e. The Morgan fingerprint density at radius 3 is 2.19 bits per heavy atom. The molecular weight excluding hydrogens is 464 g/mol. The van der Waals surface area contributed by atoms with Gasteiger partial charge in [-0.25, -0.2) is 9.67 Å². The Balaban J connectivity index is 1.75.